The summed E-state index contributed by atoms with van der Waals surface area (Å²) in [5.74, 6) is 0.369. The summed E-state index contributed by atoms with van der Waals surface area (Å²) in [6, 6.07) is 3.50. The molecule has 4 heteroatoms. The van der Waals surface area contributed by atoms with E-state index in [2.05, 4.69) is 23.7 Å². The molecule has 1 rings (SSSR count). The molecular weight excluding hydrogens is 226 g/mol. The Balaban J connectivity index is 3.17. The maximum absolute atomic E-state index is 12.7. The van der Waals surface area contributed by atoms with Crippen molar-refractivity contribution in [3.63, 3.8) is 0 Å². The molecule has 0 aliphatic rings. The van der Waals surface area contributed by atoms with E-state index in [1.165, 1.54) is 0 Å². The van der Waals surface area contributed by atoms with Crippen molar-refractivity contribution in [1.82, 2.24) is 9.88 Å². The van der Waals surface area contributed by atoms with Crippen LogP contribution in [0.2, 0.25) is 0 Å². The van der Waals surface area contributed by atoms with Crippen LogP contribution in [0.4, 0.5) is 5.82 Å². The molecule has 0 aromatic carbocycles. The van der Waals surface area contributed by atoms with Crippen LogP contribution in [-0.2, 0) is 0 Å². The van der Waals surface area contributed by atoms with Crippen LogP contribution in [0.3, 0.4) is 0 Å². The van der Waals surface area contributed by atoms with E-state index < -0.39 is 5.54 Å². The number of pyridine rings is 1. The van der Waals surface area contributed by atoms with E-state index in [9.17, 15) is 4.79 Å². The van der Waals surface area contributed by atoms with Gasteiger partial charge in [0.15, 0.2) is 5.78 Å². The minimum atomic E-state index is -0.513. The fourth-order valence-corrected chi connectivity index (χ4v) is 2.35. The van der Waals surface area contributed by atoms with E-state index in [0.717, 1.165) is 19.5 Å². The first kappa shape index (κ1) is 14.6. The number of nitrogens with zero attached hydrogens (tertiary/aromatic N) is 2. The van der Waals surface area contributed by atoms with Gasteiger partial charge in [-0.3, -0.25) is 9.69 Å². The largest absolute Gasteiger partial charge is 0.383 e. The summed E-state index contributed by atoms with van der Waals surface area (Å²) >= 11 is 0. The highest BCUT2D eigenvalue weighted by atomic mass is 16.1. The molecule has 0 saturated heterocycles. The lowest BCUT2D eigenvalue weighted by atomic mass is 9.87. The van der Waals surface area contributed by atoms with Crippen LogP contribution < -0.4 is 5.73 Å². The number of rotatable bonds is 6. The Morgan fingerprint density at radius 3 is 2.44 bits per heavy atom. The van der Waals surface area contributed by atoms with Crippen LogP contribution in [0.25, 0.3) is 0 Å². The predicted molar refractivity (Wildman–Crippen MR) is 74.6 cm³/mol. The minimum Gasteiger partial charge on any atom is -0.383 e. The Labute approximate surface area is 109 Å². The molecule has 1 aromatic rings. The molecule has 0 aliphatic carbocycles. The van der Waals surface area contributed by atoms with Gasteiger partial charge in [-0.1, -0.05) is 20.8 Å². The van der Waals surface area contributed by atoms with E-state index in [4.69, 9.17) is 5.73 Å². The minimum absolute atomic E-state index is 0.0549. The lowest BCUT2D eigenvalue weighted by Gasteiger charge is -2.38. The van der Waals surface area contributed by atoms with Gasteiger partial charge in [0.2, 0.25) is 0 Å². The van der Waals surface area contributed by atoms with E-state index in [1.807, 2.05) is 13.8 Å². The average molecular weight is 249 g/mol. The molecule has 18 heavy (non-hydrogen) atoms. The van der Waals surface area contributed by atoms with Crippen molar-refractivity contribution < 1.29 is 4.79 Å². The van der Waals surface area contributed by atoms with E-state index >= 15 is 0 Å². The number of likely N-dealkylation sites (N-methyl/N-ethyl adjacent to an activating group) is 1. The van der Waals surface area contributed by atoms with Gasteiger partial charge >= 0.3 is 0 Å². The molecular formula is C14H23N3O. The number of nitrogens with two attached hydrogens (primary N) is 1. The zero-order valence-corrected chi connectivity index (χ0v) is 11.7. The summed E-state index contributed by atoms with van der Waals surface area (Å²) < 4.78 is 0. The molecule has 4 nitrogen and oxygen atoms in total. The number of carbonyl (C=O) groups is 1. The Hall–Kier alpha value is -1.42. The van der Waals surface area contributed by atoms with Gasteiger partial charge in [-0.25, -0.2) is 4.98 Å². The van der Waals surface area contributed by atoms with Crippen molar-refractivity contribution in [3.05, 3.63) is 23.9 Å². The molecule has 0 amide bonds. The SMILES string of the molecule is CCN(CC)C(C)(CC)C(=O)c1cccnc1N. The van der Waals surface area contributed by atoms with Crippen molar-refractivity contribution >= 4 is 11.6 Å². The number of hydrogen-bond donors (Lipinski definition) is 1. The average Bonchev–Trinajstić information content (AvgIpc) is 2.39. The number of anilines is 1. The molecule has 2 N–H and O–H groups in total. The van der Waals surface area contributed by atoms with E-state index in [-0.39, 0.29) is 5.78 Å². The standard InChI is InChI=1S/C14H23N3O/c1-5-14(4,17(6-2)7-3)12(18)11-9-8-10-16-13(11)15/h8-10H,5-7H2,1-4H3,(H2,15,16). The Bertz CT molecular complexity index is 415. The highest BCUT2D eigenvalue weighted by Gasteiger charge is 2.37. The lowest BCUT2D eigenvalue weighted by Crippen LogP contribution is -2.52. The molecule has 100 valence electrons. The molecule has 0 fully saturated rings. The Morgan fingerprint density at radius 1 is 1.39 bits per heavy atom. The van der Waals surface area contributed by atoms with Crippen LogP contribution in [0.5, 0.6) is 0 Å². The first-order chi connectivity index (χ1) is 8.51. The van der Waals surface area contributed by atoms with Crippen LogP contribution in [-0.4, -0.2) is 34.3 Å². The maximum atomic E-state index is 12.7. The topological polar surface area (TPSA) is 59.2 Å². The third-order valence-electron chi connectivity index (χ3n) is 3.72. The number of hydrogen-bond acceptors (Lipinski definition) is 4. The molecule has 0 aliphatic heterocycles. The fourth-order valence-electron chi connectivity index (χ4n) is 2.35. The van der Waals surface area contributed by atoms with Crippen molar-refractivity contribution in [2.75, 3.05) is 18.8 Å². The second-order valence-electron chi connectivity index (χ2n) is 4.57. The first-order valence-corrected chi connectivity index (χ1v) is 6.51. The number of ketones is 1. The smallest absolute Gasteiger partial charge is 0.186 e. The van der Waals surface area contributed by atoms with Gasteiger partial charge in [0.25, 0.3) is 0 Å². The van der Waals surface area contributed by atoms with Crippen LogP contribution in [0.1, 0.15) is 44.5 Å². The number of nitrogen functional groups attached to an aromatic ring is 1. The second-order valence-corrected chi connectivity index (χ2v) is 4.57. The normalized spacial score (nSPS) is 14.5. The molecule has 1 atom stereocenters. The van der Waals surface area contributed by atoms with Crippen LogP contribution >= 0.6 is 0 Å². The van der Waals surface area contributed by atoms with Gasteiger partial charge in [-0.05, 0) is 38.6 Å². The Morgan fingerprint density at radius 2 is 2.00 bits per heavy atom. The molecule has 1 heterocycles. The Kier molecular flexibility index (Phi) is 4.84. The van der Waals surface area contributed by atoms with Gasteiger partial charge in [0.1, 0.15) is 5.82 Å². The van der Waals surface area contributed by atoms with E-state index in [1.54, 1.807) is 18.3 Å². The molecule has 0 saturated carbocycles. The third kappa shape index (κ3) is 2.53. The van der Waals surface area contributed by atoms with Gasteiger partial charge in [-0.15, -0.1) is 0 Å². The zero-order chi connectivity index (χ0) is 13.8. The monoisotopic (exact) mass is 249 g/mol. The summed E-state index contributed by atoms with van der Waals surface area (Å²) in [4.78, 5) is 18.9. The summed E-state index contributed by atoms with van der Waals surface area (Å²) in [6.45, 7) is 9.83. The molecule has 0 bridgehead atoms. The summed E-state index contributed by atoms with van der Waals surface area (Å²) in [7, 11) is 0. The molecule has 1 aromatic heterocycles. The maximum Gasteiger partial charge on any atom is 0.186 e. The number of aromatic nitrogens is 1. The lowest BCUT2D eigenvalue weighted by molar-refractivity contribution is 0.0608. The summed E-state index contributed by atoms with van der Waals surface area (Å²) in [5, 5.41) is 0. The van der Waals surface area contributed by atoms with Gasteiger partial charge in [0, 0.05) is 6.20 Å². The number of carbonyl (C=O) groups excluding carboxylic acids is 1. The van der Waals surface area contributed by atoms with E-state index in [0.29, 0.717) is 11.4 Å². The zero-order valence-electron chi connectivity index (χ0n) is 11.7. The van der Waals surface area contributed by atoms with Crippen molar-refractivity contribution in [2.24, 2.45) is 0 Å². The second kappa shape index (κ2) is 5.96. The fraction of sp³-hybridized carbons (Fsp3) is 0.571. The van der Waals surface area contributed by atoms with Crippen molar-refractivity contribution in [3.8, 4) is 0 Å². The first-order valence-electron chi connectivity index (χ1n) is 6.51. The van der Waals surface area contributed by atoms with Crippen LogP contribution in [0, 0.1) is 0 Å². The van der Waals surface area contributed by atoms with Gasteiger partial charge in [-0.2, -0.15) is 0 Å². The quantitative estimate of drug-likeness (QED) is 0.786. The predicted octanol–water partition coefficient (Wildman–Crippen LogP) is 2.36. The van der Waals surface area contributed by atoms with Crippen LogP contribution in [0.15, 0.2) is 18.3 Å². The summed E-state index contributed by atoms with van der Waals surface area (Å²) in [6.07, 6.45) is 2.36. The molecule has 0 spiro atoms. The van der Waals surface area contributed by atoms with Crippen molar-refractivity contribution in [1.29, 1.82) is 0 Å². The van der Waals surface area contributed by atoms with Gasteiger partial charge in [0.05, 0.1) is 11.1 Å². The van der Waals surface area contributed by atoms with Crippen molar-refractivity contribution in [2.45, 2.75) is 39.7 Å². The highest BCUT2D eigenvalue weighted by Crippen LogP contribution is 2.26. The highest BCUT2D eigenvalue weighted by molar-refractivity contribution is 6.06. The van der Waals surface area contributed by atoms with Gasteiger partial charge < -0.3 is 5.73 Å². The third-order valence-corrected chi connectivity index (χ3v) is 3.72. The number of Topliss-reactive ketones (excluding diaryl/α,β-unsaturated/α-hetero) is 1. The molecule has 0 radical (unpaired) electrons. The summed E-state index contributed by atoms with van der Waals surface area (Å²) in [5.41, 5.74) is 5.81. The molecule has 1 unspecified atom stereocenters.